The van der Waals surface area contributed by atoms with Crippen LogP contribution in [0.5, 0.6) is 0 Å². The number of aryl methyl sites for hydroxylation is 1. The molecule has 4 heterocycles. The summed E-state index contributed by atoms with van der Waals surface area (Å²) in [6, 6.07) is 55.9. The number of para-hydroxylation sites is 1. The van der Waals surface area contributed by atoms with E-state index in [1.807, 2.05) is 42.6 Å². The average molecular weight is 1070 g/mol. The molecule has 5 nitrogen and oxygen atoms in total. The zero-order chi connectivity index (χ0) is 48.8. The molecule has 0 aliphatic carbocycles. The molecule has 7 heteroatoms. The van der Waals surface area contributed by atoms with Crippen LogP contribution in [-0.2, 0) is 20.1 Å². The first kappa shape index (κ1) is 43.3. The molecule has 4 aromatic heterocycles. The first-order valence-electron chi connectivity index (χ1n) is 24.5. The predicted octanol–water partition coefficient (Wildman–Crippen LogP) is 15.9. The zero-order valence-electron chi connectivity index (χ0n) is 42.7. The van der Waals surface area contributed by atoms with E-state index in [9.17, 15) is 0 Å². The van der Waals surface area contributed by atoms with Crippen LogP contribution < -0.4 is 5.19 Å². The Balaban J connectivity index is 0.000000233. The van der Waals surface area contributed by atoms with Crippen molar-refractivity contribution >= 4 is 46.4 Å². The van der Waals surface area contributed by atoms with Gasteiger partial charge < -0.3 is 14.0 Å². The summed E-state index contributed by atoms with van der Waals surface area (Å²) in [6.45, 7) is 18.4. The Morgan fingerprint density at radius 1 is 0.627 bits per heavy atom. The molecule has 0 atom stereocenters. The van der Waals surface area contributed by atoms with Gasteiger partial charge in [0, 0.05) is 47.1 Å². The predicted molar refractivity (Wildman–Crippen MR) is 280 cm³/mol. The van der Waals surface area contributed by atoms with Crippen LogP contribution in [0, 0.1) is 19.0 Å². The second kappa shape index (κ2) is 19.5. The fraction of sp³-hybridized carbons (Fsp3) is 0.217. The summed E-state index contributed by atoms with van der Waals surface area (Å²) in [5.41, 5.74) is 15.5. The molecule has 0 amide bonds. The van der Waals surface area contributed by atoms with Gasteiger partial charge in [0.15, 0.2) is 5.65 Å². The van der Waals surface area contributed by atoms with Gasteiger partial charge in [-0.05, 0) is 81.2 Å². The SMILES string of the molecule is CC(C)c1cc(-c2ccccc2)cc(C(C)C)c1-n1c(-c2[c-]ccc3c2oc2ccccc23)nc2nc(-c3ccccc3)ccc21.[2H]C([2H])([2H])c1c[c-]c(-c2cc(C(C)C)c([Si](C)(C)C)cn2)cc1.[Ir]. The third kappa shape index (κ3) is 9.51. The molecule has 0 unspecified atom stereocenters. The molecule has 10 aromatic rings. The summed E-state index contributed by atoms with van der Waals surface area (Å²) in [7, 11) is -1.45. The van der Waals surface area contributed by atoms with E-state index in [1.165, 1.54) is 33.0 Å². The Kier molecular flexibility index (Phi) is 12.6. The summed E-state index contributed by atoms with van der Waals surface area (Å²) in [5.74, 6) is 1.71. The fourth-order valence-electron chi connectivity index (χ4n) is 8.91. The summed E-state index contributed by atoms with van der Waals surface area (Å²) in [4.78, 5) is 15.1. The van der Waals surface area contributed by atoms with Crippen molar-refractivity contribution in [3.63, 3.8) is 0 Å². The van der Waals surface area contributed by atoms with E-state index >= 15 is 0 Å². The van der Waals surface area contributed by atoms with Gasteiger partial charge in [-0.15, -0.1) is 53.6 Å². The number of rotatable bonds is 9. The normalized spacial score (nSPS) is 12.6. The van der Waals surface area contributed by atoms with Crippen LogP contribution in [0.3, 0.4) is 0 Å². The van der Waals surface area contributed by atoms with Crippen molar-refractivity contribution < 1.29 is 28.6 Å². The van der Waals surface area contributed by atoms with E-state index in [1.54, 1.807) is 18.2 Å². The Morgan fingerprint density at radius 2 is 1.28 bits per heavy atom. The van der Waals surface area contributed by atoms with Crippen molar-refractivity contribution in [2.75, 3.05) is 0 Å². The number of benzene rings is 6. The molecular weight excluding hydrogens is 1010 g/mol. The van der Waals surface area contributed by atoms with Crippen LogP contribution >= 0.6 is 0 Å². The van der Waals surface area contributed by atoms with Gasteiger partial charge in [-0.25, -0.2) is 4.98 Å². The molecule has 1 radical (unpaired) electrons. The Labute approximate surface area is 415 Å². The van der Waals surface area contributed by atoms with E-state index in [2.05, 4.69) is 174 Å². The molecular formula is C60H58IrN4OSi-2. The minimum Gasteiger partial charge on any atom is -0.501 e. The third-order valence-corrected chi connectivity index (χ3v) is 14.4. The standard InChI is InChI=1S/C42H34N3O.C18H24NSi.Ir/c1-26(2)34-24-30(28-14-7-5-8-15-28)25-35(27(3)4)39(34)45-37-23-22-36(29-16-9-6-10-17-29)43-41(37)44-42(45)33-20-13-19-32-31-18-11-12-21-38(31)46-40(32)33;1-13(2)16-11-17(15-9-7-14(3)8-10-15)19-12-18(16)20(4,5)6;/h5-19,21-27H,1-4H3;7-9,11-13H,1-6H3;/q2*-1;/i;3D3;. The summed E-state index contributed by atoms with van der Waals surface area (Å²) in [5, 5.41) is 3.52. The Hall–Kier alpha value is -6.24. The van der Waals surface area contributed by atoms with Gasteiger partial charge in [0.05, 0.1) is 30.7 Å². The van der Waals surface area contributed by atoms with Gasteiger partial charge in [-0.2, -0.15) is 0 Å². The maximum absolute atomic E-state index is 7.44. The zero-order valence-corrected chi connectivity index (χ0v) is 43.1. The summed E-state index contributed by atoms with van der Waals surface area (Å²) in [6.07, 6.45) is 2.00. The maximum Gasteiger partial charge on any atom is 0.168 e. The number of hydrogen-bond donors (Lipinski definition) is 0. The van der Waals surface area contributed by atoms with Gasteiger partial charge in [-0.1, -0.05) is 169 Å². The number of furan rings is 1. The molecule has 0 bridgehead atoms. The molecule has 0 spiro atoms. The second-order valence-corrected chi connectivity index (χ2v) is 24.1. The topological polar surface area (TPSA) is 56.7 Å². The van der Waals surface area contributed by atoms with Crippen LogP contribution in [-0.4, -0.2) is 27.6 Å². The number of pyridine rings is 2. The molecule has 339 valence electrons. The molecule has 67 heavy (non-hydrogen) atoms. The molecule has 0 aliphatic rings. The largest absolute Gasteiger partial charge is 0.501 e. The Morgan fingerprint density at radius 3 is 1.91 bits per heavy atom. The van der Waals surface area contributed by atoms with Gasteiger partial charge >= 0.3 is 0 Å². The number of fused-ring (bicyclic) bond motifs is 4. The van der Waals surface area contributed by atoms with Gasteiger partial charge in [0.25, 0.3) is 0 Å². The average Bonchev–Trinajstić information content (AvgIpc) is 3.92. The van der Waals surface area contributed by atoms with E-state index in [0.29, 0.717) is 17.1 Å². The second-order valence-electron chi connectivity index (χ2n) is 19.1. The number of imidazole rings is 1. The molecule has 6 aromatic carbocycles. The number of hydrogen-bond acceptors (Lipinski definition) is 4. The minimum atomic E-state index is -2.09. The molecule has 0 fully saturated rings. The van der Waals surface area contributed by atoms with Gasteiger partial charge in [0.1, 0.15) is 5.58 Å². The van der Waals surface area contributed by atoms with E-state index in [-0.39, 0.29) is 31.9 Å². The van der Waals surface area contributed by atoms with Crippen molar-refractivity contribution in [2.45, 2.75) is 85.8 Å². The molecule has 0 N–H and O–H groups in total. The van der Waals surface area contributed by atoms with Crippen molar-refractivity contribution in [3.8, 4) is 50.7 Å². The molecule has 0 saturated carbocycles. The minimum absolute atomic E-state index is 0. The van der Waals surface area contributed by atoms with Crippen molar-refractivity contribution in [1.82, 2.24) is 19.5 Å². The van der Waals surface area contributed by atoms with Crippen molar-refractivity contribution in [3.05, 3.63) is 186 Å². The van der Waals surface area contributed by atoms with Crippen molar-refractivity contribution in [1.29, 1.82) is 0 Å². The van der Waals surface area contributed by atoms with Gasteiger partial charge in [-0.3, -0.25) is 4.98 Å². The van der Waals surface area contributed by atoms with E-state index in [0.717, 1.165) is 67.0 Å². The van der Waals surface area contributed by atoms with Crippen LogP contribution in [0.2, 0.25) is 19.6 Å². The fourth-order valence-corrected chi connectivity index (χ4v) is 10.6. The summed E-state index contributed by atoms with van der Waals surface area (Å²) >= 11 is 0. The Bertz CT molecular complexity index is 3420. The quantitative estimate of drug-likeness (QED) is 0.107. The van der Waals surface area contributed by atoms with Gasteiger partial charge in [0.2, 0.25) is 0 Å². The smallest absolute Gasteiger partial charge is 0.168 e. The number of nitrogens with zero attached hydrogens (tertiary/aromatic N) is 4. The number of aromatic nitrogens is 4. The monoisotopic (exact) mass is 1070 g/mol. The van der Waals surface area contributed by atoms with Crippen molar-refractivity contribution in [2.24, 2.45) is 0 Å². The van der Waals surface area contributed by atoms with E-state index < -0.39 is 14.9 Å². The van der Waals surface area contributed by atoms with Crippen LogP contribution in [0.4, 0.5) is 0 Å². The summed E-state index contributed by atoms with van der Waals surface area (Å²) < 4.78 is 31.2. The van der Waals surface area contributed by atoms with Crippen LogP contribution in [0.25, 0.3) is 83.8 Å². The first-order chi connectivity index (χ1) is 33.0. The van der Waals surface area contributed by atoms with Crippen LogP contribution in [0.1, 0.15) is 85.7 Å². The van der Waals surface area contributed by atoms with Crippen LogP contribution in [0.15, 0.2) is 156 Å². The third-order valence-electron chi connectivity index (χ3n) is 12.3. The molecule has 10 rings (SSSR count). The maximum atomic E-state index is 7.44. The molecule has 0 saturated heterocycles. The van der Waals surface area contributed by atoms with E-state index in [4.69, 9.17) is 18.5 Å². The first-order valence-corrected chi connectivity index (χ1v) is 26.5. The molecule has 0 aliphatic heterocycles.